The highest BCUT2D eigenvalue weighted by atomic mass is 16.5. The van der Waals surface area contributed by atoms with E-state index in [4.69, 9.17) is 4.74 Å². The second-order valence-corrected chi connectivity index (χ2v) is 5.32. The summed E-state index contributed by atoms with van der Waals surface area (Å²) in [6.07, 6.45) is 4.22. The van der Waals surface area contributed by atoms with E-state index in [1.54, 1.807) is 6.20 Å². The highest BCUT2D eigenvalue weighted by Crippen LogP contribution is 2.38. The molecule has 3 rings (SSSR count). The molecule has 0 spiro atoms. The minimum absolute atomic E-state index is 0.329. The molecule has 1 aromatic heterocycles. The van der Waals surface area contributed by atoms with Crippen molar-refractivity contribution in [3.63, 3.8) is 0 Å². The fourth-order valence-electron chi connectivity index (χ4n) is 2.74. The molecule has 1 aliphatic heterocycles. The lowest BCUT2D eigenvalue weighted by Gasteiger charge is -2.32. The highest BCUT2D eigenvalue weighted by Gasteiger charge is 2.27. The monoisotopic (exact) mass is 306 g/mol. The molecule has 0 saturated carbocycles. The van der Waals surface area contributed by atoms with Crippen LogP contribution in [0.1, 0.15) is 18.9 Å². The summed E-state index contributed by atoms with van der Waals surface area (Å²) in [5.74, 6) is 1.07. The van der Waals surface area contributed by atoms with E-state index in [2.05, 4.69) is 16.5 Å². The molecule has 1 aliphatic rings. The van der Waals surface area contributed by atoms with E-state index < -0.39 is 0 Å². The minimum atomic E-state index is -0.329. The number of aromatic nitrogens is 1. The summed E-state index contributed by atoms with van der Waals surface area (Å²) in [4.78, 5) is 18.1. The van der Waals surface area contributed by atoms with Crippen LogP contribution in [0.15, 0.2) is 66.9 Å². The van der Waals surface area contributed by atoms with Crippen LogP contribution in [0.4, 0.5) is 11.5 Å². The van der Waals surface area contributed by atoms with Gasteiger partial charge in [0.05, 0.1) is 5.56 Å². The first kappa shape index (κ1) is 15.0. The van der Waals surface area contributed by atoms with E-state index in [0.717, 1.165) is 22.6 Å². The first-order chi connectivity index (χ1) is 11.2. The minimum Gasteiger partial charge on any atom is -0.426 e. The molecule has 0 unspecified atom stereocenters. The van der Waals surface area contributed by atoms with E-state index in [9.17, 15) is 4.79 Å². The lowest BCUT2D eigenvalue weighted by Crippen LogP contribution is -2.27. The number of esters is 1. The smallest absolute Gasteiger partial charge is 0.308 e. The Hall–Kier alpha value is -2.88. The Bertz CT molecular complexity index is 766. The number of fused-ring (bicyclic) bond motifs is 1. The third-order valence-electron chi connectivity index (χ3n) is 3.66. The molecule has 0 aliphatic carbocycles. The van der Waals surface area contributed by atoms with Crippen molar-refractivity contribution in [2.45, 2.75) is 13.3 Å². The second kappa shape index (κ2) is 6.48. The topological polar surface area (TPSA) is 42.4 Å². The summed E-state index contributed by atoms with van der Waals surface area (Å²) in [6, 6.07) is 13.8. The number of nitrogens with zero attached hydrogens (tertiary/aromatic N) is 2. The number of anilines is 2. The number of carbonyl (C=O) groups is 1. The van der Waals surface area contributed by atoms with Crippen LogP contribution >= 0.6 is 0 Å². The molecule has 0 bridgehead atoms. The molecule has 0 N–H and O–H groups in total. The fraction of sp³-hybridized carbons (Fsp3) is 0.158. The standard InChI is InChI=1S/C19H18N2O2/c1-3-8-15-13-21(16-9-5-4-6-10-16)19-17(11-7-12-20-19)18(15)23-14(2)22/h3-7,9-12H,1,8,13H2,2H3. The number of carbonyl (C=O) groups excluding carboxylic acids is 1. The predicted molar refractivity (Wildman–Crippen MR) is 91.2 cm³/mol. The summed E-state index contributed by atoms with van der Waals surface area (Å²) >= 11 is 0. The Kier molecular flexibility index (Phi) is 4.24. The van der Waals surface area contributed by atoms with Crippen molar-refractivity contribution in [2.75, 3.05) is 11.4 Å². The van der Waals surface area contributed by atoms with Crippen molar-refractivity contribution in [1.82, 2.24) is 4.98 Å². The molecule has 0 fully saturated rings. The molecule has 0 saturated heterocycles. The van der Waals surface area contributed by atoms with E-state index >= 15 is 0 Å². The van der Waals surface area contributed by atoms with Crippen molar-refractivity contribution >= 4 is 23.2 Å². The average Bonchev–Trinajstić information content (AvgIpc) is 2.57. The van der Waals surface area contributed by atoms with Crippen molar-refractivity contribution < 1.29 is 9.53 Å². The van der Waals surface area contributed by atoms with Gasteiger partial charge in [-0.3, -0.25) is 4.79 Å². The van der Waals surface area contributed by atoms with Crippen molar-refractivity contribution in [3.05, 3.63) is 72.5 Å². The van der Waals surface area contributed by atoms with Crippen LogP contribution in [0.5, 0.6) is 0 Å². The Labute approximate surface area is 135 Å². The molecule has 2 aromatic rings. The Balaban J connectivity index is 2.14. The third-order valence-corrected chi connectivity index (χ3v) is 3.66. The normalized spacial score (nSPS) is 13.5. The molecule has 1 aromatic carbocycles. The molecular formula is C19H18N2O2. The maximum atomic E-state index is 11.5. The van der Waals surface area contributed by atoms with Gasteiger partial charge in [0.15, 0.2) is 0 Å². The van der Waals surface area contributed by atoms with E-state index in [0.29, 0.717) is 18.7 Å². The quantitative estimate of drug-likeness (QED) is 0.630. The lowest BCUT2D eigenvalue weighted by molar-refractivity contribution is -0.134. The zero-order valence-corrected chi connectivity index (χ0v) is 13.0. The molecule has 23 heavy (non-hydrogen) atoms. The van der Waals surface area contributed by atoms with Gasteiger partial charge >= 0.3 is 5.97 Å². The number of hydrogen-bond acceptors (Lipinski definition) is 4. The summed E-state index contributed by atoms with van der Waals surface area (Å²) in [7, 11) is 0. The third kappa shape index (κ3) is 3.01. The van der Waals surface area contributed by atoms with Gasteiger partial charge < -0.3 is 9.64 Å². The predicted octanol–water partition coefficient (Wildman–Crippen LogP) is 4.08. The van der Waals surface area contributed by atoms with Gasteiger partial charge in [0.1, 0.15) is 11.6 Å². The van der Waals surface area contributed by atoms with Gasteiger partial charge in [0.25, 0.3) is 0 Å². The van der Waals surface area contributed by atoms with Crippen LogP contribution in [0.3, 0.4) is 0 Å². The van der Waals surface area contributed by atoms with E-state index in [-0.39, 0.29) is 5.97 Å². The molecule has 2 heterocycles. The largest absolute Gasteiger partial charge is 0.426 e. The molecule has 0 amide bonds. The van der Waals surface area contributed by atoms with Crippen molar-refractivity contribution in [1.29, 1.82) is 0 Å². The lowest BCUT2D eigenvalue weighted by atomic mass is 10.00. The zero-order chi connectivity index (χ0) is 16.2. The van der Waals surface area contributed by atoms with Crippen LogP contribution < -0.4 is 4.90 Å². The number of hydrogen-bond donors (Lipinski definition) is 0. The number of benzene rings is 1. The summed E-state index contributed by atoms with van der Waals surface area (Å²) < 4.78 is 5.49. The maximum Gasteiger partial charge on any atom is 0.308 e. The van der Waals surface area contributed by atoms with Gasteiger partial charge in [0.2, 0.25) is 0 Å². The van der Waals surface area contributed by atoms with Crippen LogP contribution in [-0.2, 0) is 9.53 Å². The Morgan fingerprint density at radius 2 is 2.09 bits per heavy atom. The van der Waals surface area contributed by atoms with Gasteiger partial charge in [-0.2, -0.15) is 0 Å². The first-order valence-electron chi connectivity index (χ1n) is 7.50. The molecule has 4 nitrogen and oxygen atoms in total. The summed E-state index contributed by atoms with van der Waals surface area (Å²) in [5.41, 5.74) is 2.89. The molecule has 116 valence electrons. The van der Waals surface area contributed by atoms with Gasteiger partial charge in [-0.1, -0.05) is 24.3 Å². The number of allylic oxidation sites excluding steroid dienone is 1. The average molecular weight is 306 g/mol. The van der Waals surface area contributed by atoms with Crippen LogP contribution in [0.2, 0.25) is 0 Å². The number of rotatable bonds is 4. The van der Waals surface area contributed by atoms with Gasteiger partial charge in [-0.15, -0.1) is 6.58 Å². The molecule has 4 heteroatoms. The fourth-order valence-corrected chi connectivity index (χ4v) is 2.74. The SMILES string of the molecule is C=CCC1=C(OC(C)=O)c2cccnc2N(c2ccccc2)C1. The first-order valence-corrected chi connectivity index (χ1v) is 7.50. The number of para-hydroxylation sites is 1. The maximum absolute atomic E-state index is 11.5. The second-order valence-electron chi connectivity index (χ2n) is 5.32. The Morgan fingerprint density at radius 1 is 1.30 bits per heavy atom. The van der Waals surface area contributed by atoms with Gasteiger partial charge in [0, 0.05) is 25.4 Å². The summed E-state index contributed by atoms with van der Waals surface area (Å²) in [5, 5.41) is 0. The summed E-state index contributed by atoms with van der Waals surface area (Å²) in [6.45, 7) is 5.84. The van der Waals surface area contributed by atoms with Gasteiger partial charge in [-0.25, -0.2) is 4.98 Å². The zero-order valence-electron chi connectivity index (χ0n) is 13.0. The van der Waals surface area contributed by atoms with Crippen LogP contribution in [0.25, 0.3) is 5.76 Å². The molecular weight excluding hydrogens is 288 g/mol. The van der Waals surface area contributed by atoms with E-state index in [1.807, 2.05) is 48.5 Å². The Morgan fingerprint density at radius 3 is 2.78 bits per heavy atom. The van der Waals surface area contributed by atoms with Crippen molar-refractivity contribution in [3.8, 4) is 0 Å². The molecule has 0 atom stereocenters. The highest BCUT2D eigenvalue weighted by molar-refractivity contribution is 5.85. The van der Waals surface area contributed by atoms with Crippen molar-refractivity contribution in [2.24, 2.45) is 0 Å². The number of pyridine rings is 1. The van der Waals surface area contributed by atoms with Crippen LogP contribution in [0, 0.1) is 0 Å². The number of ether oxygens (including phenoxy) is 1. The molecule has 0 radical (unpaired) electrons. The van der Waals surface area contributed by atoms with E-state index in [1.165, 1.54) is 6.92 Å². The van der Waals surface area contributed by atoms with Gasteiger partial charge in [-0.05, 0) is 36.3 Å². The van der Waals surface area contributed by atoms with Crippen LogP contribution in [-0.4, -0.2) is 17.5 Å².